The number of nitrogens with two attached hydrogens (primary N) is 1. The Morgan fingerprint density at radius 1 is 1.21 bits per heavy atom. The molecule has 124 valence electrons. The molecule has 0 radical (unpaired) electrons. The standard InChI is InChI=1S/C17H19N5O2/c18-15-10-19-9-14(21-15)11-4-6-12(7-5-11)16(23)22-13-3-1-2-8-20-17(13)24/h4-7,9-10,13H,1-3,8H2,(H2,18,21)(H,20,24)(H,22,23). The Balaban J connectivity index is 1.70. The van der Waals surface area contributed by atoms with Crippen LogP contribution in [0.25, 0.3) is 11.3 Å². The van der Waals surface area contributed by atoms with Crippen molar-refractivity contribution >= 4 is 17.6 Å². The number of anilines is 1. The van der Waals surface area contributed by atoms with E-state index in [-0.39, 0.29) is 11.8 Å². The van der Waals surface area contributed by atoms with Crippen LogP contribution >= 0.6 is 0 Å². The Hall–Kier alpha value is -2.96. The first-order chi connectivity index (χ1) is 11.6. The molecular formula is C17H19N5O2. The smallest absolute Gasteiger partial charge is 0.251 e. The monoisotopic (exact) mass is 325 g/mol. The van der Waals surface area contributed by atoms with Gasteiger partial charge in [0.1, 0.15) is 11.9 Å². The van der Waals surface area contributed by atoms with Crippen LogP contribution in [0.1, 0.15) is 29.6 Å². The average Bonchev–Trinajstić information content (AvgIpc) is 2.80. The van der Waals surface area contributed by atoms with E-state index in [0.29, 0.717) is 30.0 Å². The number of nitrogens with zero attached hydrogens (tertiary/aromatic N) is 2. The second-order valence-corrected chi connectivity index (χ2v) is 5.72. The number of nitrogen functional groups attached to an aromatic ring is 1. The zero-order valence-electron chi connectivity index (χ0n) is 13.2. The van der Waals surface area contributed by atoms with Gasteiger partial charge in [0.05, 0.1) is 18.1 Å². The summed E-state index contributed by atoms with van der Waals surface area (Å²) in [6, 6.07) is 6.49. The minimum absolute atomic E-state index is 0.118. The lowest BCUT2D eigenvalue weighted by atomic mass is 10.1. The fourth-order valence-corrected chi connectivity index (χ4v) is 2.63. The number of benzene rings is 1. The van der Waals surface area contributed by atoms with Gasteiger partial charge in [-0.05, 0) is 31.4 Å². The van der Waals surface area contributed by atoms with Crippen molar-refractivity contribution in [1.82, 2.24) is 20.6 Å². The highest BCUT2D eigenvalue weighted by molar-refractivity contribution is 5.97. The summed E-state index contributed by atoms with van der Waals surface area (Å²) in [5.41, 5.74) is 7.58. The van der Waals surface area contributed by atoms with Gasteiger partial charge in [0.2, 0.25) is 5.91 Å². The molecule has 7 heteroatoms. The fourth-order valence-electron chi connectivity index (χ4n) is 2.63. The van der Waals surface area contributed by atoms with E-state index in [4.69, 9.17) is 5.73 Å². The molecule has 0 aliphatic carbocycles. The van der Waals surface area contributed by atoms with Crippen LogP contribution in [0.2, 0.25) is 0 Å². The lowest BCUT2D eigenvalue weighted by molar-refractivity contribution is -0.122. The molecule has 1 fully saturated rings. The lowest BCUT2D eigenvalue weighted by Gasteiger charge is -2.15. The van der Waals surface area contributed by atoms with Gasteiger partial charge in [0, 0.05) is 17.7 Å². The Morgan fingerprint density at radius 3 is 2.75 bits per heavy atom. The van der Waals surface area contributed by atoms with Gasteiger partial charge in [-0.1, -0.05) is 12.1 Å². The van der Waals surface area contributed by atoms with Gasteiger partial charge in [0.25, 0.3) is 5.91 Å². The number of hydrogen-bond donors (Lipinski definition) is 3. The highest BCUT2D eigenvalue weighted by Crippen LogP contribution is 2.17. The van der Waals surface area contributed by atoms with E-state index in [1.807, 2.05) is 0 Å². The molecule has 0 spiro atoms. The van der Waals surface area contributed by atoms with Crippen molar-refractivity contribution in [2.75, 3.05) is 12.3 Å². The molecule has 1 atom stereocenters. The Morgan fingerprint density at radius 2 is 2.00 bits per heavy atom. The van der Waals surface area contributed by atoms with E-state index in [1.165, 1.54) is 6.20 Å². The molecule has 0 saturated carbocycles. The molecule has 1 aliphatic rings. The molecule has 24 heavy (non-hydrogen) atoms. The molecule has 0 bridgehead atoms. The molecule has 1 aromatic heterocycles. The van der Waals surface area contributed by atoms with Crippen LogP contribution < -0.4 is 16.4 Å². The summed E-state index contributed by atoms with van der Waals surface area (Å²) in [6.07, 6.45) is 5.60. The van der Waals surface area contributed by atoms with Crippen molar-refractivity contribution < 1.29 is 9.59 Å². The summed E-state index contributed by atoms with van der Waals surface area (Å²) in [4.78, 5) is 32.4. The van der Waals surface area contributed by atoms with Gasteiger partial charge >= 0.3 is 0 Å². The summed E-state index contributed by atoms with van der Waals surface area (Å²) < 4.78 is 0. The quantitative estimate of drug-likeness (QED) is 0.783. The van der Waals surface area contributed by atoms with Crippen LogP contribution in [0, 0.1) is 0 Å². The van der Waals surface area contributed by atoms with Gasteiger partial charge in [-0.2, -0.15) is 0 Å². The maximum absolute atomic E-state index is 12.3. The number of hydrogen-bond acceptors (Lipinski definition) is 5. The molecule has 2 aromatic rings. The highest BCUT2D eigenvalue weighted by atomic mass is 16.2. The van der Waals surface area contributed by atoms with Crippen molar-refractivity contribution in [3.05, 3.63) is 42.2 Å². The van der Waals surface area contributed by atoms with E-state index in [0.717, 1.165) is 18.4 Å². The molecule has 2 heterocycles. The molecule has 1 unspecified atom stereocenters. The largest absolute Gasteiger partial charge is 0.382 e. The van der Waals surface area contributed by atoms with Crippen LogP contribution in [-0.2, 0) is 4.79 Å². The summed E-state index contributed by atoms with van der Waals surface area (Å²) in [5.74, 6) is -0.0385. The highest BCUT2D eigenvalue weighted by Gasteiger charge is 2.22. The third-order valence-corrected chi connectivity index (χ3v) is 3.94. The molecule has 2 amide bonds. The summed E-state index contributed by atoms with van der Waals surface area (Å²) in [7, 11) is 0. The molecule has 1 aromatic carbocycles. The molecule has 3 rings (SSSR count). The molecule has 7 nitrogen and oxygen atoms in total. The van der Waals surface area contributed by atoms with Gasteiger partial charge < -0.3 is 16.4 Å². The normalized spacial score (nSPS) is 17.7. The van der Waals surface area contributed by atoms with Gasteiger partial charge in [0.15, 0.2) is 0 Å². The summed E-state index contributed by atoms with van der Waals surface area (Å²) in [5, 5.41) is 5.60. The predicted octanol–water partition coefficient (Wildman–Crippen LogP) is 1.12. The van der Waals surface area contributed by atoms with Crippen molar-refractivity contribution in [2.24, 2.45) is 0 Å². The van der Waals surface area contributed by atoms with Gasteiger partial charge in [-0.15, -0.1) is 0 Å². The van der Waals surface area contributed by atoms with E-state index >= 15 is 0 Å². The Bertz CT molecular complexity index is 745. The van der Waals surface area contributed by atoms with Crippen LogP contribution in [0.3, 0.4) is 0 Å². The average molecular weight is 325 g/mol. The molecule has 1 aliphatic heterocycles. The number of aromatic nitrogens is 2. The van der Waals surface area contributed by atoms with Crippen LogP contribution in [0.15, 0.2) is 36.7 Å². The van der Waals surface area contributed by atoms with E-state index in [1.54, 1.807) is 30.5 Å². The van der Waals surface area contributed by atoms with Crippen molar-refractivity contribution in [2.45, 2.75) is 25.3 Å². The second kappa shape index (κ2) is 7.08. The molecule has 4 N–H and O–H groups in total. The van der Waals surface area contributed by atoms with Crippen LogP contribution in [0.4, 0.5) is 5.82 Å². The Labute approximate surface area is 139 Å². The zero-order valence-corrected chi connectivity index (χ0v) is 13.2. The Kier molecular flexibility index (Phi) is 4.69. The lowest BCUT2D eigenvalue weighted by Crippen LogP contribution is -2.45. The predicted molar refractivity (Wildman–Crippen MR) is 90.0 cm³/mol. The van der Waals surface area contributed by atoms with Gasteiger partial charge in [-0.3, -0.25) is 14.6 Å². The SMILES string of the molecule is Nc1cncc(-c2ccc(C(=O)NC3CCCCNC3=O)cc2)n1. The van der Waals surface area contributed by atoms with E-state index < -0.39 is 6.04 Å². The first kappa shape index (κ1) is 15.9. The van der Waals surface area contributed by atoms with E-state index in [9.17, 15) is 9.59 Å². The maximum atomic E-state index is 12.3. The van der Waals surface area contributed by atoms with Crippen molar-refractivity contribution in [3.8, 4) is 11.3 Å². The number of carbonyl (C=O) groups excluding carboxylic acids is 2. The number of rotatable bonds is 3. The summed E-state index contributed by atoms with van der Waals surface area (Å²) in [6.45, 7) is 0.668. The summed E-state index contributed by atoms with van der Waals surface area (Å²) >= 11 is 0. The first-order valence-corrected chi connectivity index (χ1v) is 7.90. The van der Waals surface area contributed by atoms with Gasteiger partial charge in [-0.25, -0.2) is 4.98 Å². The fraction of sp³-hybridized carbons (Fsp3) is 0.294. The molecule has 1 saturated heterocycles. The third kappa shape index (κ3) is 3.68. The number of nitrogens with one attached hydrogen (secondary N) is 2. The zero-order chi connectivity index (χ0) is 16.9. The van der Waals surface area contributed by atoms with Crippen LogP contribution in [-0.4, -0.2) is 34.4 Å². The van der Waals surface area contributed by atoms with Crippen molar-refractivity contribution in [1.29, 1.82) is 0 Å². The number of amides is 2. The molecular weight excluding hydrogens is 306 g/mol. The second-order valence-electron chi connectivity index (χ2n) is 5.72. The third-order valence-electron chi connectivity index (χ3n) is 3.94. The minimum Gasteiger partial charge on any atom is -0.382 e. The van der Waals surface area contributed by atoms with Crippen LogP contribution in [0.5, 0.6) is 0 Å². The van der Waals surface area contributed by atoms with E-state index in [2.05, 4.69) is 20.6 Å². The number of carbonyl (C=O) groups is 2. The minimum atomic E-state index is -0.473. The van der Waals surface area contributed by atoms with Crippen molar-refractivity contribution in [3.63, 3.8) is 0 Å². The first-order valence-electron chi connectivity index (χ1n) is 7.90. The topological polar surface area (TPSA) is 110 Å². The maximum Gasteiger partial charge on any atom is 0.251 e.